The molecule has 2 aromatic heterocycles. The highest BCUT2D eigenvalue weighted by Crippen LogP contribution is 2.48. The Kier molecular flexibility index (Phi) is 12.4. The van der Waals surface area contributed by atoms with Gasteiger partial charge in [-0.1, -0.05) is 29.8 Å². The number of nitrogens with one attached hydrogen (secondary N) is 4. The van der Waals surface area contributed by atoms with Crippen molar-refractivity contribution in [2.45, 2.75) is 49.9 Å². The SMILES string of the molecule is COC(=O)[C@H](CCC(=O)C(=O)NCCc1cccnc1)NC(=O)c1ccc(Nc2nc(NC3(c4ccc(Cl)cc4)CC3)nc(OCC(F)(F)F)n2)cc1. The van der Waals surface area contributed by atoms with Crippen LogP contribution in [0, 0.1) is 0 Å². The number of hydrogen-bond donors (Lipinski definition) is 4. The number of pyridine rings is 1. The molecule has 4 N–H and O–H groups in total. The van der Waals surface area contributed by atoms with E-state index in [1.54, 1.807) is 30.6 Å². The minimum absolute atomic E-state index is 0.0299. The number of halogens is 4. The van der Waals surface area contributed by atoms with Gasteiger partial charge in [-0.3, -0.25) is 19.4 Å². The molecule has 2 aromatic carbocycles. The van der Waals surface area contributed by atoms with E-state index in [2.05, 4.69) is 41.2 Å². The number of ketones is 1. The molecule has 0 bridgehead atoms. The molecule has 2 heterocycles. The summed E-state index contributed by atoms with van der Waals surface area (Å²) in [6, 6.07) is 14.7. The first kappa shape index (κ1) is 38.4. The van der Waals surface area contributed by atoms with Crippen molar-refractivity contribution < 1.29 is 41.8 Å². The molecule has 1 saturated carbocycles. The second kappa shape index (κ2) is 17.1. The summed E-state index contributed by atoms with van der Waals surface area (Å²) in [5, 5.41) is 11.6. The van der Waals surface area contributed by atoms with Gasteiger partial charge in [0.2, 0.25) is 17.7 Å². The number of ether oxygens (including phenoxy) is 2. The van der Waals surface area contributed by atoms with E-state index >= 15 is 0 Å². The maximum Gasteiger partial charge on any atom is 0.422 e. The van der Waals surface area contributed by atoms with Crippen LogP contribution in [0.15, 0.2) is 73.1 Å². The third-order valence-corrected chi connectivity index (χ3v) is 8.26. The number of aromatic nitrogens is 4. The zero-order valence-electron chi connectivity index (χ0n) is 28.2. The van der Waals surface area contributed by atoms with Gasteiger partial charge in [-0.25, -0.2) is 4.79 Å². The molecule has 53 heavy (non-hydrogen) atoms. The van der Waals surface area contributed by atoms with E-state index in [0.29, 0.717) is 30.0 Å². The van der Waals surface area contributed by atoms with Crippen LogP contribution in [0.5, 0.6) is 6.01 Å². The Hall–Kier alpha value is -5.84. The maximum absolute atomic E-state index is 13.1. The van der Waals surface area contributed by atoms with Crippen LogP contribution < -0.4 is 26.0 Å². The van der Waals surface area contributed by atoms with Crippen molar-refractivity contribution in [2.24, 2.45) is 0 Å². The van der Waals surface area contributed by atoms with E-state index < -0.39 is 53.9 Å². The van der Waals surface area contributed by atoms with Crippen LogP contribution in [0.1, 0.15) is 47.2 Å². The Morgan fingerprint density at radius 3 is 2.32 bits per heavy atom. The average Bonchev–Trinajstić information content (AvgIpc) is 3.92. The Labute approximate surface area is 306 Å². The van der Waals surface area contributed by atoms with Crippen molar-refractivity contribution in [1.29, 1.82) is 0 Å². The van der Waals surface area contributed by atoms with Crippen LogP contribution in [0.2, 0.25) is 5.02 Å². The fourth-order valence-corrected chi connectivity index (χ4v) is 5.22. The molecule has 18 heteroatoms. The van der Waals surface area contributed by atoms with E-state index in [1.165, 1.54) is 24.3 Å². The summed E-state index contributed by atoms with van der Waals surface area (Å²) in [7, 11) is 1.12. The van der Waals surface area contributed by atoms with Crippen LogP contribution in [0.25, 0.3) is 0 Å². The fourth-order valence-electron chi connectivity index (χ4n) is 5.09. The van der Waals surface area contributed by atoms with Gasteiger partial charge in [-0.05, 0) is 79.3 Å². The Morgan fingerprint density at radius 1 is 0.962 bits per heavy atom. The first-order valence-electron chi connectivity index (χ1n) is 16.3. The number of hydrogen-bond acceptors (Lipinski definition) is 12. The average molecular weight is 755 g/mol. The summed E-state index contributed by atoms with van der Waals surface area (Å²) < 4.78 is 48.4. The summed E-state index contributed by atoms with van der Waals surface area (Å²) in [6.07, 6.45) is -0.00373. The van der Waals surface area contributed by atoms with Crippen LogP contribution >= 0.6 is 11.6 Å². The van der Waals surface area contributed by atoms with Crippen LogP contribution in [0.4, 0.5) is 30.8 Å². The summed E-state index contributed by atoms with van der Waals surface area (Å²) in [5.41, 5.74) is 1.69. The number of carbonyl (C=O) groups excluding carboxylic acids is 4. The van der Waals surface area contributed by atoms with E-state index in [-0.39, 0.29) is 36.8 Å². The topological polar surface area (TPSA) is 186 Å². The van der Waals surface area contributed by atoms with Gasteiger partial charge in [0.1, 0.15) is 6.04 Å². The zero-order chi connectivity index (χ0) is 38.0. The normalized spacial score (nSPS) is 13.6. The number of benzene rings is 2. The standard InChI is InChI=1S/C35H34ClF3N8O6/c1-52-30(51)26(12-13-27(48)29(50)41-18-14-21-3-2-17-40-19-21)43-28(49)22-4-10-25(11-5-22)42-31-44-32(46-33(45-31)53-20-35(37,38)39)47-34(15-16-34)23-6-8-24(36)9-7-23/h2-11,17,19,26H,12-16,18,20H2,1H3,(H,41,50)(H,43,49)(H2,42,44,45,46,47)/t26-/m0/s1. The quantitative estimate of drug-likeness (QED) is 0.0863. The van der Waals surface area contributed by atoms with Gasteiger partial charge < -0.3 is 30.7 Å². The predicted octanol–water partition coefficient (Wildman–Crippen LogP) is 4.69. The van der Waals surface area contributed by atoms with E-state index in [4.69, 9.17) is 21.1 Å². The number of carbonyl (C=O) groups is 4. The zero-order valence-corrected chi connectivity index (χ0v) is 29.0. The van der Waals surface area contributed by atoms with Crippen molar-refractivity contribution in [3.63, 3.8) is 0 Å². The molecule has 0 aliphatic heterocycles. The highest BCUT2D eigenvalue weighted by atomic mass is 35.5. The Balaban J connectivity index is 1.20. The summed E-state index contributed by atoms with van der Waals surface area (Å²) >= 11 is 6.02. The molecule has 0 unspecified atom stereocenters. The molecule has 0 saturated heterocycles. The molecule has 2 amide bonds. The molecule has 1 aliphatic rings. The molecule has 1 aliphatic carbocycles. The smallest absolute Gasteiger partial charge is 0.422 e. The fraction of sp³-hybridized carbons (Fsp3) is 0.314. The van der Waals surface area contributed by atoms with E-state index in [1.807, 2.05) is 18.2 Å². The molecular formula is C35H34ClF3N8O6. The molecular weight excluding hydrogens is 721 g/mol. The number of Topliss-reactive ketones (excluding diaryl/α,β-unsaturated/α-hetero) is 1. The number of anilines is 3. The van der Waals surface area contributed by atoms with Crippen LogP contribution in [-0.4, -0.2) is 76.0 Å². The summed E-state index contributed by atoms with van der Waals surface area (Å²) in [5.74, 6) is -3.24. The second-order valence-corrected chi connectivity index (χ2v) is 12.4. The molecule has 0 radical (unpaired) electrons. The van der Waals surface area contributed by atoms with Crippen molar-refractivity contribution in [3.8, 4) is 6.01 Å². The van der Waals surface area contributed by atoms with E-state index in [9.17, 15) is 32.3 Å². The molecule has 5 rings (SSSR count). The minimum Gasteiger partial charge on any atom is -0.467 e. The lowest BCUT2D eigenvalue weighted by molar-refractivity contribution is -0.154. The van der Waals surface area contributed by atoms with Crippen molar-refractivity contribution in [1.82, 2.24) is 30.6 Å². The van der Waals surface area contributed by atoms with Gasteiger partial charge in [-0.15, -0.1) is 0 Å². The highest BCUT2D eigenvalue weighted by molar-refractivity contribution is 6.36. The van der Waals surface area contributed by atoms with Crippen molar-refractivity contribution in [3.05, 3.63) is 94.8 Å². The van der Waals surface area contributed by atoms with Crippen LogP contribution in [-0.2, 0) is 31.1 Å². The van der Waals surface area contributed by atoms with Gasteiger partial charge in [0.05, 0.1) is 12.6 Å². The van der Waals surface area contributed by atoms with Gasteiger partial charge in [0.25, 0.3) is 11.8 Å². The molecule has 0 spiro atoms. The first-order chi connectivity index (χ1) is 25.3. The molecule has 1 fully saturated rings. The van der Waals surface area contributed by atoms with Crippen molar-refractivity contribution in [2.75, 3.05) is 30.9 Å². The molecule has 4 aromatic rings. The second-order valence-electron chi connectivity index (χ2n) is 12.0. The lowest BCUT2D eigenvalue weighted by atomic mass is 10.1. The minimum atomic E-state index is -4.64. The lowest BCUT2D eigenvalue weighted by Gasteiger charge is -2.19. The third-order valence-electron chi connectivity index (χ3n) is 8.01. The highest BCUT2D eigenvalue weighted by Gasteiger charge is 2.45. The number of rotatable bonds is 17. The number of amides is 2. The molecule has 1 atom stereocenters. The predicted molar refractivity (Wildman–Crippen MR) is 186 cm³/mol. The number of esters is 1. The third kappa shape index (κ3) is 11.3. The number of nitrogens with zero attached hydrogens (tertiary/aromatic N) is 4. The first-order valence-corrected chi connectivity index (χ1v) is 16.7. The van der Waals surface area contributed by atoms with Gasteiger partial charge in [-0.2, -0.15) is 28.1 Å². The number of alkyl halides is 3. The lowest BCUT2D eigenvalue weighted by Crippen LogP contribution is -2.42. The Morgan fingerprint density at radius 2 is 1.68 bits per heavy atom. The Bertz CT molecular complexity index is 1910. The maximum atomic E-state index is 13.1. The largest absolute Gasteiger partial charge is 0.467 e. The monoisotopic (exact) mass is 754 g/mol. The van der Waals surface area contributed by atoms with Gasteiger partial charge in [0, 0.05) is 41.6 Å². The van der Waals surface area contributed by atoms with Crippen LogP contribution in [0.3, 0.4) is 0 Å². The molecule has 14 nitrogen and oxygen atoms in total. The van der Waals surface area contributed by atoms with Crippen molar-refractivity contribution >= 4 is 52.8 Å². The summed E-state index contributed by atoms with van der Waals surface area (Å²) in [4.78, 5) is 66.5. The van der Waals surface area contributed by atoms with Gasteiger partial charge >= 0.3 is 18.2 Å². The summed E-state index contributed by atoms with van der Waals surface area (Å²) in [6.45, 7) is -1.41. The van der Waals surface area contributed by atoms with E-state index in [0.717, 1.165) is 18.2 Å². The molecule has 278 valence electrons. The number of methoxy groups -OCH3 is 1. The van der Waals surface area contributed by atoms with Gasteiger partial charge in [0.15, 0.2) is 6.61 Å².